The number of benzene rings is 2. The molecule has 1 amide bonds. The fourth-order valence-corrected chi connectivity index (χ4v) is 2.68. The molecule has 0 heterocycles. The second-order valence-corrected chi connectivity index (χ2v) is 5.71. The van der Waals surface area contributed by atoms with Gasteiger partial charge in [-0.3, -0.25) is 4.79 Å². The van der Waals surface area contributed by atoms with Crippen molar-refractivity contribution in [2.24, 2.45) is 0 Å². The van der Waals surface area contributed by atoms with E-state index in [9.17, 15) is 14.7 Å². The molecule has 2 N–H and O–H groups in total. The number of amides is 1. The summed E-state index contributed by atoms with van der Waals surface area (Å²) in [5.41, 5.74) is 2.80. The van der Waals surface area contributed by atoms with Crippen LogP contribution in [0.2, 0.25) is 0 Å². The minimum absolute atomic E-state index is 0.0291. The van der Waals surface area contributed by atoms with Gasteiger partial charge in [0.05, 0.1) is 0 Å². The van der Waals surface area contributed by atoms with E-state index in [2.05, 4.69) is 5.32 Å². The van der Waals surface area contributed by atoms with Gasteiger partial charge in [0.25, 0.3) is 0 Å². The lowest BCUT2D eigenvalue weighted by atomic mass is 9.93. The van der Waals surface area contributed by atoms with Crippen LogP contribution in [0.3, 0.4) is 0 Å². The maximum atomic E-state index is 12.3. The number of hydrogen-bond donors (Lipinski definition) is 2. The Balaban J connectivity index is 2.05. The number of aryl methyl sites for hydroxylation is 1. The minimum Gasteiger partial charge on any atom is -0.479 e. The zero-order valence-electron chi connectivity index (χ0n) is 13.3. The van der Waals surface area contributed by atoms with Crippen LogP contribution in [-0.4, -0.2) is 17.0 Å². The molecule has 2 aromatic carbocycles. The maximum absolute atomic E-state index is 12.3. The molecule has 120 valence electrons. The molecule has 0 fully saturated rings. The van der Waals surface area contributed by atoms with E-state index in [1.54, 1.807) is 24.3 Å². The molecule has 2 atom stereocenters. The number of hydrogen-bond acceptors (Lipinski definition) is 2. The highest BCUT2D eigenvalue weighted by molar-refractivity contribution is 5.84. The summed E-state index contributed by atoms with van der Waals surface area (Å²) < 4.78 is 0. The molecule has 0 bridgehead atoms. The number of carboxylic acid groups (broad SMARTS) is 1. The number of rotatable bonds is 6. The van der Waals surface area contributed by atoms with Gasteiger partial charge in [0.1, 0.15) is 0 Å². The van der Waals surface area contributed by atoms with Crippen LogP contribution in [-0.2, 0) is 9.59 Å². The van der Waals surface area contributed by atoms with E-state index in [0.29, 0.717) is 5.56 Å². The Kier molecular flexibility index (Phi) is 5.52. The van der Waals surface area contributed by atoms with Gasteiger partial charge in [-0.15, -0.1) is 0 Å². The van der Waals surface area contributed by atoms with Gasteiger partial charge < -0.3 is 10.4 Å². The third-order valence-corrected chi connectivity index (χ3v) is 3.90. The Labute approximate surface area is 136 Å². The first-order valence-corrected chi connectivity index (χ1v) is 7.61. The van der Waals surface area contributed by atoms with E-state index in [-0.39, 0.29) is 18.2 Å². The Morgan fingerprint density at radius 1 is 1.04 bits per heavy atom. The smallest absolute Gasteiger partial charge is 0.330 e. The zero-order chi connectivity index (χ0) is 16.8. The highest BCUT2D eigenvalue weighted by Crippen LogP contribution is 2.23. The van der Waals surface area contributed by atoms with Crippen LogP contribution >= 0.6 is 0 Å². The van der Waals surface area contributed by atoms with Crippen LogP contribution in [0.4, 0.5) is 0 Å². The van der Waals surface area contributed by atoms with Gasteiger partial charge in [-0.05, 0) is 29.5 Å². The normalized spacial score (nSPS) is 13.1. The van der Waals surface area contributed by atoms with Crippen molar-refractivity contribution < 1.29 is 14.7 Å². The molecule has 0 aliphatic heterocycles. The molecular weight excluding hydrogens is 290 g/mol. The van der Waals surface area contributed by atoms with Gasteiger partial charge in [-0.25, -0.2) is 4.79 Å². The topological polar surface area (TPSA) is 66.4 Å². The molecule has 4 nitrogen and oxygen atoms in total. The summed E-state index contributed by atoms with van der Waals surface area (Å²) >= 11 is 0. The fraction of sp³-hybridized carbons (Fsp3) is 0.263. The van der Waals surface area contributed by atoms with Gasteiger partial charge in [-0.2, -0.15) is 0 Å². The lowest BCUT2D eigenvalue weighted by molar-refractivity contribution is -0.142. The van der Waals surface area contributed by atoms with E-state index >= 15 is 0 Å². The first-order chi connectivity index (χ1) is 11.0. The summed E-state index contributed by atoms with van der Waals surface area (Å²) in [6.45, 7) is 3.98. The highest BCUT2D eigenvalue weighted by atomic mass is 16.4. The van der Waals surface area contributed by atoms with E-state index in [1.165, 1.54) is 0 Å². The van der Waals surface area contributed by atoms with Crippen LogP contribution in [0.15, 0.2) is 54.6 Å². The molecule has 0 spiro atoms. The Morgan fingerprint density at radius 2 is 1.65 bits per heavy atom. The highest BCUT2D eigenvalue weighted by Gasteiger charge is 2.23. The average Bonchev–Trinajstić information content (AvgIpc) is 2.53. The van der Waals surface area contributed by atoms with Gasteiger partial charge in [0.15, 0.2) is 6.04 Å². The summed E-state index contributed by atoms with van der Waals surface area (Å²) in [4.78, 5) is 23.7. The number of carboxylic acids is 1. The van der Waals surface area contributed by atoms with Gasteiger partial charge >= 0.3 is 5.97 Å². The zero-order valence-corrected chi connectivity index (χ0v) is 13.3. The SMILES string of the molecule is Cc1ccccc1C(C)CC(=O)N[C@@H](C(=O)O)c1ccccc1. The van der Waals surface area contributed by atoms with Crippen molar-refractivity contribution in [2.45, 2.75) is 32.2 Å². The molecule has 4 heteroatoms. The van der Waals surface area contributed by atoms with Crippen molar-refractivity contribution in [3.8, 4) is 0 Å². The summed E-state index contributed by atoms with van der Waals surface area (Å²) in [5, 5.41) is 12.0. The molecule has 0 aromatic heterocycles. The van der Waals surface area contributed by atoms with E-state index in [4.69, 9.17) is 0 Å². The molecular formula is C19H21NO3. The Morgan fingerprint density at radius 3 is 2.26 bits per heavy atom. The summed E-state index contributed by atoms with van der Waals surface area (Å²) in [7, 11) is 0. The van der Waals surface area contributed by atoms with Crippen molar-refractivity contribution >= 4 is 11.9 Å². The van der Waals surface area contributed by atoms with Crippen LogP contribution in [0.25, 0.3) is 0 Å². The van der Waals surface area contributed by atoms with E-state index in [1.807, 2.05) is 44.2 Å². The number of carbonyl (C=O) groups excluding carboxylic acids is 1. The van der Waals surface area contributed by atoms with Crippen LogP contribution < -0.4 is 5.32 Å². The van der Waals surface area contributed by atoms with Crippen molar-refractivity contribution in [3.63, 3.8) is 0 Å². The lowest BCUT2D eigenvalue weighted by Gasteiger charge is -2.18. The molecule has 0 radical (unpaired) electrons. The number of nitrogens with one attached hydrogen (secondary N) is 1. The first kappa shape index (κ1) is 16.7. The largest absolute Gasteiger partial charge is 0.479 e. The maximum Gasteiger partial charge on any atom is 0.330 e. The molecule has 0 aliphatic rings. The van der Waals surface area contributed by atoms with E-state index < -0.39 is 12.0 Å². The summed E-state index contributed by atoms with van der Waals surface area (Å²) in [6.07, 6.45) is 0.251. The molecule has 0 saturated carbocycles. The predicted octanol–water partition coefficient (Wildman–Crippen LogP) is 3.43. The minimum atomic E-state index is -1.06. The van der Waals surface area contributed by atoms with Crippen molar-refractivity contribution in [3.05, 3.63) is 71.3 Å². The van der Waals surface area contributed by atoms with Crippen LogP contribution in [0, 0.1) is 6.92 Å². The van der Waals surface area contributed by atoms with Crippen molar-refractivity contribution in [2.75, 3.05) is 0 Å². The molecule has 0 aliphatic carbocycles. The van der Waals surface area contributed by atoms with Crippen LogP contribution in [0.5, 0.6) is 0 Å². The molecule has 2 rings (SSSR count). The summed E-state index contributed by atoms with van der Waals surface area (Å²) in [6, 6.07) is 15.6. The Hall–Kier alpha value is -2.62. The van der Waals surface area contributed by atoms with Gasteiger partial charge in [-0.1, -0.05) is 61.5 Å². The second kappa shape index (κ2) is 7.58. The molecule has 1 unspecified atom stereocenters. The first-order valence-electron chi connectivity index (χ1n) is 7.61. The predicted molar refractivity (Wildman–Crippen MR) is 89.2 cm³/mol. The molecule has 23 heavy (non-hydrogen) atoms. The standard InChI is InChI=1S/C19H21NO3/c1-13-8-6-7-11-16(13)14(2)12-17(21)20-18(19(22)23)15-9-4-3-5-10-15/h3-11,14,18H,12H2,1-2H3,(H,20,21)(H,22,23)/t14?,18-/m1/s1. The average molecular weight is 311 g/mol. The van der Waals surface area contributed by atoms with Crippen molar-refractivity contribution in [1.29, 1.82) is 0 Å². The number of aliphatic carboxylic acids is 1. The lowest BCUT2D eigenvalue weighted by Crippen LogP contribution is -2.34. The van der Waals surface area contributed by atoms with Gasteiger partial charge in [0.2, 0.25) is 5.91 Å². The number of carbonyl (C=O) groups is 2. The van der Waals surface area contributed by atoms with Gasteiger partial charge in [0, 0.05) is 6.42 Å². The molecule has 0 saturated heterocycles. The third kappa shape index (κ3) is 4.42. The summed E-state index contributed by atoms with van der Waals surface area (Å²) in [5.74, 6) is -1.30. The van der Waals surface area contributed by atoms with Crippen molar-refractivity contribution in [1.82, 2.24) is 5.32 Å². The second-order valence-electron chi connectivity index (χ2n) is 5.71. The quantitative estimate of drug-likeness (QED) is 0.859. The monoisotopic (exact) mass is 311 g/mol. The third-order valence-electron chi connectivity index (χ3n) is 3.90. The molecule has 2 aromatic rings. The Bertz CT molecular complexity index is 682. The van der Waals surface area contributed by atoms with Crippen LogP contribution in [0.1, 0.15) is 42.0 Å². The fourth-order valence-electron chi connectivity index (χ4n) is 2.68. The van der Waals surface area contributed by atoms with E-state index in [0.717, 1.165) is 11.1 Å².